The van der Waals surface area contributed by atoms with Crippen molar-refractivity contribution in [2.45, 2.75) is 39.4 Å². The minimum Gasteiger partial charge on any atom is -0.487 e. The maximum absolute atomic E-state index is 9.77. The predicted octanol–water partition coefficient (Wildman–Crippen LogP) is 3.77. The molecule has 1 aromatic heterocycles. The highest BCUT2D eigenvalue weighted by Crippen LogP contribution is 2.24. The summed E-state index contributed by atoms with van der Waals surface area (Å²) >= 11 is 3.58. The lowest BCUT2D eigenvalue weighted by Gasteiger charge is -2.10. The summed E-state index contributed by atoms with van der Waals surface area (Å²) in [4.78, 5) is 0. The standard InChI is InChI=1S/C16H21BrN2O2/c1-4-13-16(17)14(19(3)18-13)10-21-12-8-6-11(7-9-12)15(20)5-2/h6-9,15,20H,4-5,10H2,1-3H3/t15-/m0/s1. The molecule has 114 valence electrons. The van der Waals surface area contributed by atoms with Crippen LogP contribution >= 0.6 is 15.9 Å². The van der Waals surface area contributed by atoms with Gasteiger partial charge in [-0.05, 0) is 46.5 Å². The Morgan fingerprint density at radius 2 is 1.95 bits per heavy atom. The van der Waals surface area contributed by atoms with E-state index in [1.807, 2.05) is 42.9 Å². The minimum absolute atomic E-state index is 0.405. The Morgan fingerprint density at radius 1 is 1.29 bits per heavy atom. The number of aryl methyl sites for hydroxylation is 2. The summed E-state index contributed by atoms with van der Waals surface area (Å²) in [6, 6.07) is 7.58. The fourth-order valence-corrected chi connectivity index (χ4v) is 2.88. The van der Waals surface area contributed by atoms with Crippen molar-refractivity contribution in [3.05, 3.63) is 45.7 Å². The summed E-state index contributed by atoms with van der Waals surface area (Å²) in [5.74, 6) is 0.785. The third-order valence-electron chi connectivity index (χ3n) is 3.53. The Balaban J connectivity index is 2.05. The van der Waals surface area contributed by atoms with Crippen LogP contribution in [-0.2, 0) is 20.1 Å². The van der Waals surface area contributed by atoms with Crippen molar-refractivity contribution in [1.82, 2.24) is 9.78 Å². The zero-order valence-corrected chi connectivity index (χ0v) is 14.2. The molecule has 1 heterocycles. The van der Waals surface area contributed by atoms with Gasteiger partial charge in [-0.3, -0.25) is 4.68 Å². The number of aliphatic hydroxyl groups excluding tert-OH is 1. The molecule has 0 aliphatic carbocycles. The lowest BCUT2D eigenvalue weighted by atomic mass is 10.1. The van der Waals surface area contributed by atoms with E-state index in [1.165, 1.54) is 0 Å². The lowest BCUT2D eigenvalue weighted by Crippen LogP contribution is -2.04. The minimum atomic E-state index is -0.405. The largest absolute Gasteiger partial charge is 0.487 e. The molecule has 2 aromatic rings. The van der Waals surface area contributed by atoms with Gasteiger partial charge in [0, 0.05) is 7.05 Å². The molecule has 0 aliphatic heterocycles. The van der Waals surface area contributed by atoms with E-state index in [9.17, 15) is 5.11 Å². The third kappa shape index (κ3) is 3.66. The van der Waals surface area contributed by atoms with E-state index < -0.39 is 6.10 Å². The highest BCUT2D eigenvalue weighted by molar-refractivity contribution is 9.10. The number of ether oxygens (including phenoxy) is 1. The van der Waals surface area contributed by atoms with Crippen molar-refractivity contribution in [2.75, 3.05) is 0 Å². The molecule has 0 bridgehead atoms. The molecule has 0 saturated heterocycles. The molecule has 0 unspecified atom stereocenters. The van der Waals surface area contributed by atoms with Crippen molar-refractivity contribution in [3.8, 4) is 5.75 Å². The molecule has 2 rings (SSSR count). The first kappa shape index (κ1) is 16.0. The van der Waals surface area contributed by atoms with Crippen molar-refractivity contribution in [3.63, 3.8) is 0 Å². The van der Waals surface area contributed by atoms with E-state index in [0.29, 0.717) is 13.0 Å². The van der Waals surface area contributed by atoms with Crippen LogP contribution in [0.4, 0.5) is 0 Å². The zero-order chi connectivity index (χ0) is 15.4. The van der Waals surface area contributed by atoms with Gasteiger partial charge in [0.1, 0.15) is 12.4 Å². The van der Waals surface area contributed by atoms with Crippen molar-refractivity contribution < 1.29 is 9.84 Å². The number of hydrogen-bond acceptors (Lipinski definition) is 3. The highest BCUT2D eigenvalue weighted by atomic mass is 79.9. The fourth-order valence-electron chi connectivity index (χ4n) is 2.15. The van der Waals surface area contributed by atoms with Gasteiger partial charge in [-0.15, -0.1) is 0 Å². The van der Waals surface area contributed by atoms with Crippen LogP contribution in [0, 0.1) is 0 Å². The third-order valence-corrected chi connectivity index (χ3v) is 4.45. The molecule has 0 radical (unpaired) electrons. The van der Waals surface area contributed by atoms with Crippen LogP contribution in [0.3, 0.4) is 0 Å². The molecule has 21 heavy (non-hydrogen) atoms. The van der Waals surface area contributed by atoms with Crippen molar-refractivity contribution in [2.24, 2.45) is 7.05 Å². The topological polar surface area (TPSA) is 47.3 Å². The Kier molecular flexibility index (Phi) is 5.42. The van der Waals surface area contributed by atoms with E-state index in [2.05, 4.69) is 28.0 Å². The summed E-state index contributed by atoms with van der Waals surface area (Å²) < 4.78 is 8.67. The molecule has 0 saturated carbocycles. The Bertz CT molecular complexity index is 593. The second-order valence-electron chi connectivity index (χ2n) is 4.97. The number of rotatable bonds is 6. The van der Waals surface area contributed by atoms with E-state index >= 15 is 0 Å². The van der Waals surface area contributed by atoms with Crippen LogP contribution in [0.1, 0.15) is 43.3 Å². The molecule has 0 fully saturated rings. The monoisotopic (exact) mass is 352 g/mol. The molecule has 1 atom stereocenters. The molecule has 1 aromatic carbocycles. The van der Waals surface area contributed by atoms with Crippen molar-refractivity contribution in [1.29, 1.82) is 0 Å². The van der Waals surface area contributed by atoms with Crippen LogP contribution < -0.4 is 4.74 Å². The summed E-state index contributed by atoms with van der Waals surface area (Å²) in [6.07, 6.45) is 1.19. The maximum atomic E-state index is 9.77. The normalized spacial score (nSPS) is 12.4. The van der Waals surface area contributed by atoms with Crippen molar-refractivity contribution >= 4 is 15.9 Å². The number of aliphatic hydroxyl groups is 1. The molecule has 1 N–H and O–H groups in total. The Labute approximate surface area is 133 Å². The molecule has 0 aliphatic rings. The van der Waals surface area contributed by atoms with E-state index in [1.54, 1.807) is 0 Å². The first-order valence-electron chi connectivity index (χ1n) is 7.17. The molecule has 4 nitrogen and oxygen atoms in total. The summed E-state index contributed by atoms with van der Waals surface area (Å²) in [7, 11) is 1.92. The average molecular weight is 353 g/mol. The van der Waals surface area contributed by atoms with Gasteiger partial charge in [-0.1, -0.05) is 26.0 Å². The molecule has 0 amide bonds. The second-order valence-corrected chi connectivity index (χ2v) is 5.76. The molecule has 5 heteroatoms. The molecule has 0 spiro atoms. The number of nitrogens with zero attached hydrogens (tertiary/aromatic N) is 2. The van der Waals surface area contributed by atoms with Gasteiger partial charge in [0.15, 0.2) is 0 Å². The fraction of sp³-hybridized carbons (Fsp3) is 0.438. The Hall–Kier alpha value is -1.33. The smallest absolute Gasteiger partial charge is 0.131 e. The number of hydrogen-bond donors (Lipinski definition) is 1. The van der Waals surface area contributed by atoms with Gasteiger partial charge < -0.3 is 9.84 Å². The first-order valence-corrected chi connectivity index (χ1v) is 7.97. The second kappa shape index (κ2) is 7.09. The summed E-state index contributed by atoms with van der Waals surface area (Å²) in [6.45, 7) is 4.50. The number of halogens is 1. The van der Waals surface area contributed by atoms with Crippen LogP contribution in [0.15, 0.2) is 28.7 Å². The van der Waals surface area contributed by atoms with E-state index in [0.717, 1.165) is 33.6 Å². The van der Waals surface area contributed by atoms with Gasteiger partial charge in [-0.25, -0.2) is 0 Å². The van der Waals surface area contributed by atoms with Gasteiger partial charge in [0.05, 0.1) is 22.0 Å². The predicted molar refractivity (Wildman–Crippen MR) is 86.3 cm³/mol. The maximum Gasteiger partial charge on any atom is 0.131 e. The SMILES string of the molecule is CCc1nn(C)c(COc2ccc([C@@H](O)CC)cc2)c1Br. The summed E-state index contributed by atoms with van der Waals surface area (Å²) in [5, 5.41) is 14.2. The van der Waals surface area contributed by atoms with Crippen LogP contribution in [0.25, 0.3) is 0 Å². The van der Waals surface area contributed by atoms with Crippen LogP contribution in [0.2, 0.25) is 0 Å². The molecular formula is C16H21BrN2O2. The van der Waals surface area contributed by atoms with Gasteiger partial charge >= 0.3 is 0 Å². The van der Waals surface area contributed by atoms with Gasteiger partial charge in [-0.2, -0.15) is 5.10 Å². The lowest BCUT2D eigenvalue weighted by molar-refractivity contribution is 0.173. The highest BCUT2D eigenvalue weighted by Gasteiger charge is 2.13. The number of benzene rings is 1. The Morgan fingerprint density at radius 3 is 2.48 bits per heavy atom. The summed E-state index contributed by atoms with van der Waals surface area (Å²) in [5.41, 5.74) is 2.97. The van der Waals surface area contributed by atoms with E-state index in [-0.39, 0.29) is 0 Å². The van der Waals surface area contributed by atoms with Crippen LogP contribution in [-0.4, -0.2) is 14.9 Å². The molecular weight excluding hydrogens is 332 g/mol. The van der Waals surface area contributed by atoms with Gasteiger partial charge in [0.2, 0.25) is 0 Å². The first-order chi connectivity index (χ1) is 10.1. The average Bonchev–Trinajstić information content (AvgIpc) is 2.79. The quantitative estimate of drug-likeness (QED) is 0.860. The number of aromatic nitrogens is 2. The zero-order valence-electron chi connectivity index (χ0n) is 12.6. The van der Waals surface area contributed by atoms with Crippen LogP contribution in [0.5, 0.6) is 5.75 Å². The van der Waals surface area contributed by atoms with Gasteiger partial charge in [0.25, 0.3) is 0 Å². The van der Waals surface area contributed by atoms with E-state index in [4.69, 9.17) is 4.74 Å².